The molecule has 0 amide bonds. The van der Waals surface area contributed by atoms with Crippen molar-refractivity contribution in [2.75, 3.05) is 13.2 Å². The maximum absolute atomic E-state index is 12.6. The molecule has 0 aromatic heterocycles. The number of ether oxygens (including phenoxy) is 3. The third-order valence-corrected chi connectivity index (χ3v) is 8.35. The molecule has 0 saturated heterocycles. The maximum Gasteiger partial charge on any atom is 0.306 e. The molecular weight excluding hydrogens is 661 g/mol. The van der Waals surface area contributed by atoms with Crippen molar-refractivity contribution in [2.24, 2.45) is 0 Å². The molecule has 0 aromatic carbocycles. The Balaban J connectivity index is 4.49. The lowest BCUT2D eigenvalue weighted by Crippen LogP contribution is -2.30. The Hall–Kier alpha value is -3.41. The first-order chi connectivity index (χ1) is 26.0. The fourth-order valence-corrected chi connectivity index (χ4v) is 5.18. The summed E-state index contributed by atoms with van der Waals surface area (Å²) in [6, 6.07) is 0. The van der Waals surface area contributed by atoms with Gasteiger partial charge in [0.15, 0.2) is 6.10 Å². The summed E-state index contributed by atoms with van der Waals surface area (Å²) >= 11 is 0. The van der Waals surface area contributed by atoms with Crippen LogP contribution in [0.4, 0.5) is 0 Å². The van der Waals surface area contributed by atoms with E-state index >= 15 is 0 Å². The largest absolute Gasteiger partial charge is 0.462 e. The summed E-state index contributed by atoms with van der Waals surface area (Å²) in [5.74, 6) is -1.06. The molecule has 1 unspecified atom stereocenters. The summed E-state index contributed by atoms with van der Waals surface area (Å²) in [5, 5.41) is 0. The van der Waals surface area contributed by atoms with E-state index in [4.69, 9.17) is 14.2 Å². The van der Waals surface area contributed by atoms with Crippen molar-refractivity contribution in [3.05, 3.63) is 85.1 Å². The predicted octanol–water partition coefficient (Wildman–Crippen LogP) is 13.3. The van der Waals surface area contributed by atoms with Gasteiger partial charge in [-0.2, -0.15) is 0 Å². The minimum Gasteiger partial charge on any atom is -0.462 e. The van der Waals surface area contributed by atoms with E-state index in [1.807, 2.05) is 0 Å². The maximum atomic E-state index is 12.6. The van der Waals surface area contributed by atoms with E-state index in [1.165, 1.54) is 51.4 Å². The summed E-state index contributed by atoms with van der Waals surface area (Å²) in [6.45, 7) is 6.30. The SMILES string of the molecule is CC/C=C\C/C=C\CCCCC(=O)OC(COC(=O)CCC/C=C\C/C=C\C/C=C\C/C=C\CCCCC)COC(=O)CCC/C=C\CCCCCC. The fraction of sp³-hybridized carbons (Fsp3) is 0.638. The molecule has 0 radical (unpaired) electrons. The molecule has 6 heteroatoms. The molecule has 0 N–H and O–H groups in total. The normalized spacial score (nSPS) is 12.9. The molecule has 0 spiro atoms. The van der Waals surface area contributed by atoms with Crippen molar-refractivity contribution in [2.45, 2.75) is 181 Å². The van der Waals surface area contributed by atoms with Gasteiger partial charge in [0.05, 0.1) is 0 Å². The van der Waals surface area contributed by atoms with Crippen molar-refractivity contribution in [1.82, 2.24) is 0 Å². The lowest BCUT2D eigenvalue weighted by molar-refractivity contribution is -0.167. The van der Waals surface area contributed by atoms with Crippen LogP contribution < -0.4 is 0 Å². The fourth-order valence-electron chi connectivity index (χ4n) is 5.18. The smallest absolute Gasteiger partial charge is 0.306 e. The first kappa shape index (κ1) is 49.6. The average molecular weight is 737 g/mol. The van der Waals surface area contributed by atoms with Crippen LogP contribution in [0.1, 0.15) is 175 Å². The van der Waals surface area contributed by atoms with Crippen LogP contribution in [-0.4, -0.2) is 37.2 Å². The zero-order chi connectivity index (χ0) is 38.7. The molecule has 0 aliphatic rings. The van der Waals surface area contributed by atoms with Crippen LogP contribution in [0.15, 0.2) is 85.1 Å². The number of rotatable bonds is 36. The number of carbonyl (C=O) groups is 3. The molecule has 0 saturated carbocycles. The molecule has 0 heterocycles. The third kappa shape index (κ3) is 39.6. The van der Waals surface area contributed by atoms with Crippen molar-refractivity contribution in [3.8, 4) is 0 Å². The van der Waals surface area contributed by atoms with Gasteiger partial charge in [0, 0.05) is 19.3 Å². The number of esters is 3. The van der Waals surface area contributed by atoms with Gasteiger partial charge in [0.1, 0.15) is 13.2 Å². The molecular formula is C47H76O6. The number of allylic oxidation sites excluding steroid dienone is 14. The van der Waals surface area contributed by atoms with Gasteiger partial charge in [0.25, 0.3) is 0 Å². The number of unbranched alkanes of at least 4 members (excludes halogenated alkanes) is 11. The standard InChI is InChI=1S/C47H76O6/c1-4-7-10-13-16-19-20-21-22-23-24-25-26-29-31-34-37-40-46(49)52-43-44(53-47(50)41-38-35-32-28-18-15-12-9-6-3)42-51-45(48)39-36-33-30-27-17-14-11-8-5-2/h9,12,16,18-19,21-22,24-25,27-31,44H,4-8,10-11,13-15,17,20,23,26,32-43H2,1-3H3/b12-9-,19-16-,22-21-,25-24-,28-18-,30-27-,31-29-. The lowest BCUT2D eigenvalue weighted by atomic mass is 10.1. The molecule has 0 aromatic rings. The Labute approximate surface area is 325 Å². The third-order valence-electron chi connectivity index (χ3n) is 8.35. The van der Waals surface area contributed by atoms with E-state index in [0.29, 0.717) is 25.7 Å². The van der Waals surface area contributed by atoms with E-state index in [0.717, 1.165) is 64.2 Å². The number of hydrogen-bond acceptors (Lipinski definition) is 6. The second-order valence-corrected chi connectivity index (χ2v) is 13.5. The monoisotopic (exact) mass is 737 g/mol. The van der Waals surface area contributed by atoms with E-state index in [1.54, 1.807) is 0 Å². The molecule has 0 rings (SSSR count). The lowest BCUT2D eigenvalue weighted by Gasteiger charge is -2.18. The van der Waals surface area contributed by atoms with Gasteiger partial charge < -0.3 is 14.2 Å². The van der Waals surface area contributed by atoms with Gasteiger partial charge in [-0.05, 0) is 103 Å². The number of hydrogen-bond donors (Lipinski definition) is 0. The molecule has 6 nitrogen and oxygen atoms in total. The highest BCUT2D eigenvalue weighted by Crippen LogP contribution is 2.09. The molecule has 0 fully saturated rings. The molecule has 0 aliphatic carbocycles. The van der Waals surface area contributed by atoms with Gasteiger partial charge in [-0.3, -0.25) is 14.4 Å². The molecule has 300 valence electrons. The zero-order valence-electron chi connectivity index (χ0n) is 34.0. The topological polar surface area (TPSA) is 78.9 Å². The molecule has 0 aliphatic heterocycles. The zero-order valence-corrected chi connectivity index (χ0v) is 34.0. The average Bonchev–Trinajstić information content (AvgIpc) is 3.15. The highest BCUT2D eigenvalue weighted by molar-refractivity contribution is 5.71. The molecule has 53 heavy (non-hydrogen) atoms. The van der Waals surface area contributed by atoms with E-state index in [9.17, 15) is 14.4 Å². The van der Waals surface area contributed by atoms with Crippen LogP contribution in [0.2, 0.25) is 0 Å². The minimum absolute atomic E-state index is 0.124. The first-order valence-corrected chi connectivity index (χ1v) is 21.1. The minimum atomic E-state index is -0.822. The van der Waals surface area contributed by atoms with Gasteiger partial charge in [0.2, 0.25) is 0 Å². The van der Waals surface area contributed by atoms with E-state index in [2.05, 4.69) is 106 Å². The van der Waals surface area contributed by atoms with Crippen LogP contribution >= 0.6 is 0 Å². The van der Waals surface area contributed by atoms with Gasteiger partial charge in [-0.1, -0.05) is 138 Å². The van der Waals surface area contributed by atoms with Crippen LogP contribution in [0.5, 0.6) is 0 Å². The molecule has 1 atom stereocenters. The Kier molecular flexibility index (Phi) is 38.7. The van der Waals surface area contributed by atoms with Gasteiger partial charge in [-0.25, -0.2) is 0 Å². The summed E-state index contributed by atoms with van der Waals surface area (Å²) in [6.07, 6.45) is 51.7. The quantitative estimate of drug-likeness (QED) is 0.0276. The second kappa shape index (κ2) is 41.3. The van der Waals surface area contributed by atoms with Crippen molar-refractivity contribution >= 4 is 17.9 Å². The van der Waals surface area contributed by atoms with Crippen LogP contribution in [0.3, 0.4) is 0 Å². The van der Waals surface area contributed by atoms with E-state index < -0.39 is 6.10 Å². The van der Waals surface area contributed by atoms with Crippen LogP contribution in [-0.2, 0) is 28.6 Å². The van der Waals surface area contributed by atoms with E-state index in [-0.39, 0.29) is 44.0 Å². The van der Waals surface area contributed by atoms with Crippen LogP contribution in [0.25, 0.3) is 0 Å². The summed E-state index contributed by atoms with van der Waals surface area (Å²) in [7, 11) is 0. The highest BCUT2D eigenvalue weighted by Gasteiger charge is 2.19. The Morgan fingerprint density at radius 1 is 0.396 bits per heavy atom. The Bertz CT molecular complexity index is 1080. The first-order valence-electron chi connectivity index (χ1n) is 21.1. The Morgan fingerprint density at radius 2 is 0.755 bits per heavy atom. The summed E-state index contributed by atoms with van der Waals surface area (Å²) in [5.41, 5.74) is 0. The van der Waals surface area contributed by atoms with Crippen molar-refractivity contribution < 1.29 is 28.6 Å². The predicted molar refractivity (Wildman–Crippen MR) is 224 cm³/mol. The van der Waals surface area contributed by atoms with Crippen molar-refractivity contribution in [3.63, 3.8) is 0 Å². The number of carbonyl (C=O) groups excluding carboxylic acids is 3. The van der Waals surface area contributed by atoms with Gasteiger partial charge >= 0.3 is 17.9 Å². The van der Waals surface area contributed by atoms with Crippen molar-refractivity contribution in [1.29, 1.82) is 0 Å². The molecule has 0 bridgehead atoms. The second-order valence-electron chi connectivity index (χ2n) is 13.5. The Morgan fingerprint density at radius 3 is 1.23 bits per heavy atom. The summed E-state index contributed by atoms with van der Waals surface area (Å²) in [4.78, 5) is 37.4. The van der Waals surface area contributed by atoms with Gasteiger partial charge in [-0.15, -0.1) is 0 Å². The van der Waals surface area contributed by atoms with Crippen LogP contribution in [0, 0.1) is 0 Å². The highest BCUT2D eigenvalue weighted by atomic mass is 16.6. The summed E-state index contributed by atoms with van der Waals surface area (Å²) < 4.78 is 16.5.